The predicted molar refractivity (Wildman–Crippen MR) is 133 cm³/mol. The molecular weight excluding hydrogens is 416 g/mol. The highest BCUT2D eigenvalue weighted by atomic mass is 32.2. The van der Waals surface area contributed by atoms with Crippen LogP contribution in [-0.4, -0.2) is 21.4 Å². The van der Waals surface area contributed by atoms with Crippen molar-refractivity contribution < 1.29 is 4.55 Å². The molecule has 4 nitrogen and oxygen atoms in total. The number of hydrogen-bond acceptors (Lipinski definition) is 3. The summed E-state index contributed by atoms with van der Waals surface area (Å²) in [5.41, 5.74) is 7.73. The molecule has 0 spiro atoms. The van der Waals surface area contributed by atoms with Crippen molar-refractivity contribution >= 4 is 11.4 Å². The van der Waals surface area contributed by atoms with Gasteiger partial charge in [-0.2, -0.15) is 0 Å². The average molecular weight is 449 g/mol. The highest BCUT2D eigenvalue weighted by Crippen LogP contribution is 2.34. The number of nitrogens with zero attached hydrogens (tertiary/aromatic N) is 1. The molecule has 32 heavy (non-hydrogen) atoms. The van der Waals surface area contributed by atoms with Crippen LogP contribution in [0.25, 0.3) is 11.1 Å². The van der Waals surface area contributed by atoms with Crippen LogP contribution in [0.2, 0.25) is 0 Å². The van der Waals surface area contributed by atoms with Gasteiger partial charge in [0.15, 0.2) is 5.43 Å². The average Bonchev–Trinajstić information content (AvgIpc) is 2.79. The maximum absolute atomic E-state index is 13.6. The van der Waals surface area contributed by atoms with Gasteiger partial charge in [0.1, 0.15) is 6.26 Å². The third-order valence-corrected chi connectivity index (χ3v) is 7.52. The van der Waals surface area contributed by atoms with Crippen LogP contribution in [-0.2, 0) is 37.7 Å². The van der Waals surface area contributed by atoms with E-state index in [1.54, 1.807) is 6.26 Å². The zero-order valence-electron chi connectivity index (χ0n) is 19.4. The maximum Gasteiger partial charge on any atom is 0.188 e. The molecule has 4 rings (SSSR count). The Kier molecular flexibility index (Phi) is 6.89. The molecule has 1 aliphatic rings. The highest BCUT2D eigenvalue weighted by Gasteiger charge is 2.36. The first-order valence-corrected chi connectivity index (χ1v) is 12.9. The number of hydrogen-bond donors (Lipinski definition) is 1. The predicted octanol–water partition coefficient (Wildman–Crippen LogP) is 4.45. The molecule has 1 aliphatic carbocycles. The van der Waals surface area contributed by atoms with Gasteiger partial charge >= 0.3 is 0 Å². The van der Waals surface area contributed by atoms with Gasteiger partial charge in [0.25, 0.3) is 0 Å². The van der Waals surface area contributed by atoms with Crippen LogP contribution in [0.1, 0.15) is 47.3 Å². The molecule has 1 heterocycles. The van der Waals surface area contributed by atoms with E-state index in [1.165, 1.54) is 16.7 Å². The molecule has 3 atom stereocenters. The molecule has 3 aromatic rings. The standard InChI is InChI=1S/C27H32N2O2S/c1-5-22-18(2)29(3)25-15-14-24(28-32(4)31)23(26(25)27(22)30)17-19-10-9-13-21(16-19)20-11-7-6-8-12-20/h6-13,16,23-24,28H,5,14-15,17H2,1-4H3. The minimum Gasteiger partial charge on any atom is -0.598 e. The van der Waals surface area contributed by atoms with Gasteiger partial charge < -0.3 is 9.12 Å². The third kappa shape index (κ3) is 4.42. The number of fused-ring (bicyclic) bond motifs is 1. The first-order chi connectivity index (χ1) is 15.4. The van der Waals surface area contributed by atoms with Gasteiger partial charge in [-0.05, 0) is 49.3 Å². The van der Waals surface area contributed by atoms with Crippen LogP contribution in [0.5, 0.6) is 0 Å². The molecule has 1 aromatic heterocycles. The smallest absolute Gasteiger partial charge is 0.188 e. The minimum absolute atomic E-state index is 0.00817. The van der Waals surface area contributed by atoms with Crippen molar-refractivity contribution in [1.82, 2.24) is 9.29 Å². The SMILES string of the molecule is CCc1c(C)n(C)c2c(c1=O)C(Cc1cccc(-c3ccccc3)c1)C(N[S+](C)[O-])CC2. The van der Waals surface area contributed by atoms with E-state index in [2.05, 4.69) is 52.7 Å². The summed E-state index contributed by atoms with van der Waals surface area (Å²) in [6.07, 6.45) is 4.83. The summed E-state index contributed by atoms with van der Waals surface area (Å²) in [6, 6.07) is 18.9. The molecule has 1 N–H and O–H groups in total. The largest absolute Gasteiger partial charge is 0.598 e. The fraction of sp³-hybridized carbons (Fsp3) is 0.370. The quantitative estimate of drug-likeness (QED) is 0.567. The number of nitrogens with one attached hydrogen (secondary N) is 1. The molecular formula is C27H32N2O2S. The Morgan fingerprint density at radius 3 is 2.53 bits per heavy atom. The number of aromatic nitrogens is 1. The van der Waals surface area contributed by atoms with Crippen molar-refractivity contribution in [2.45, 2.75) is 51.5 Å². The molecule has 0 aliphatic heterocycles. The lowest BCUT2D eigenvalue weighted by molar-refractivity contribution is 0.415. The summed E-state index contributed by atoms with van der Waals surface area (Å²) in [7, 11) is 2.07. The number of rotatable bonds is 6. The van der Waals surface area contributed by atoms with E-state index in [1.807, 2.05) is 32.0 Å². The van der Waals surface area contributed by atoms with Gasteiger partial charge in [0.2, 0.25) is 0 Å². The van der Waals surface area contributed by atoms with E-state index in [-0.39, 0.29) is 17.4 Å². The summed E-state index contributed by atoms with van der Waals surface area (Å²) >= 11 is -1.14. The fourth-order valence-corrected chi connectivity index (χ4v) is 5.91. The molecule has 0 amide bonds. The van der Waals surface area contributed by atoms with E-state index < -0.39 is 11.4 Å². The highest BCUT2D eigenvalue weighted by molar-refractivity contribution is 7.88. The monoisotopic (exact) mass is 448 g/mol. The Bertz CT molecular complexity index is 1150. The normalized spacial score (nSPS) is 18.9. The lowest BCUT2D eigenvalue weighted by atomic mass is 9.77. The molecule has 3 unspecified atom stereocenters. The first kappa shape index (κ1) is 22.8. The number of benzene rings is 2. The Morgan fingerprint density at radius 2 is 1.84 bits per heavy atom. The van der Waals surface area contributed by atoms with Gasteiger partial charge in [-0.1, -0.05) is 61.5 Å². The van der Waals surface area contributed by atoms with Crippen LogP contribution in [0.3, 0.4) is 0 Å². The van der Waals surface area contributed by atoms with Crippen molar-refractivity contribution in [3.8, 4) is 11.1 Å². The summed E-state index contributed by atoms with van der Waals surface area (Å²) in [4.78, 5) is 13.6. The molecule has 168 valence electrons. The zero-order chi connectivity index (χ0) is 22.8. The van der Waals surface area contributed by atoms with E-state index in [0.717, 1.165) is 48.2 Å². The van der Waals surface area contributed by atoms with E-state index >= 15 is 0 Å². The molecule has 0 bridgehead atoms. The van der Waals surface area contributed by atoms with Crippen LogP contribution in [0.4, 0.5) is 0 Å². The molecule has 5 heteroatoms. The molecule has 0 radical (unpaired) electrons. The van der Waals surface area contributed by atoms with Crippen molar-refractivity contribution in [3.63, 3.8) is 0 Å². The number of pyridine rings is 1. The third-order valence-electron chi connectivity index (χ3n) is 6.88. The first-order valence-electron chi connectivity index (χ1n) is 11.4. The zero-order valence-corrected chi connectivity index (χ0v) is 20.2. The molecule has 0 saturated carbocycles. The van der Waals surface area contributed by atoms with Crippen LogP contribution < -0.4 is 10.2 Å². The van der Waals surface area contributed by atoms with Gasteiger partial charge in [0.05, 0.1) is 6.04 Å². The lowest BCUT2D eigenvalue weighted by Crippen LogP contribution is -2.45. The fourth-order valence-electron chi connectivity index (χ4n) is 5.20. The van der Waals surface area contributed by atoms with Crippen molar-refractivity contribution in [1.29, 1.82) is 0 Å². The summed E-state index contributed by atoms with van der Waals surface area (Å²) in [5, 5.41) is 0. The Labute approximate surface area is 194 Å². The Hall–Kier alpha value is -2.34. The van der Waals surface area contributed by atoms with Gasteiger partial charge in [-0.3, -0.25) is 4.79 Å². The topological polar surface area (TPSA) is 57.1 Å². The Morgan fingerprint density at radius 1 is 1.12 bits per heavy atom. The van der Waals surface area contributed by atoms with E-state index in [0.29, 0.717) is 0 Å². The van der Waals surface area contributed by atoms with Crippen molar-refractivity contribution in [2.75, 3.05) is 6.26 Å². The molecule has 0 fully saturated rings. The van der Waals surface area contributed by atoms with E-state index in [4.69, 9.17) is 0 Å². The van der Waals surface area contributed by atoms with Gasteiger partial charge in [0, 0.05) is 46.8 Å². The van der Waals surface area contributed by atoms with Gasteiger partial charge in [-0.25, -0.2) is 0 Å². The second-order valence-corrected chi connectivity index (χ2v) is 9.90. The van der Waals surface area contributed by atoms with Crippen LogP contribution in [0, 0.1) is 6.92 Å². The van der Waals surface area contributed by atoms with Crippen LogP contribution in [0.15, 0.2) is 59.4 Å². The second-order valence-electron chi connectivity index (χ2n) is 8.76. The molecule has 0 saturated heterocycles. The lowest BCUT2D eigenvalue weighted by Gasteiger charge is -2.35. The molecule has 2 aromatic carbocycles. The van der Waals surface area contributed by atoms with E-state index in [9.17, 15) is 9.35 Å². The second kappa shape index (κ2) is 9.65. The van der Waals surface area contributed by atoms with Gasteiger partial charge in [-0.15, -0.1) is 4.72 Å². The van der Waals surface area contributed by atoms with Crippen molar-refractivity contribution in [2.24, 2.45) is 7.05 Å². The summed E-state index contributed by atoms with van der Waals surface area (Å²) in [5.74, 6) is -0.0155. The van der Waals surface area contributed by atoms with Crippen molar-refractivity contribution in [3.05, 3.63) is 92.9 Å². The summed E-state index contributed by atoms with van der Waals surface area (Å²) in [6.45, 7) is 4.10. The van der Waals surface area contributed by atoms with Crippen LogP contribution >= 0.6 is 0 Å². The summed E-state index contributed by atoms with van der Waals surface area (Å²) < 4.78 is 17.6. The maximum atomic E-state index is 13.6. The Balaban J connectivity index is 1.79. The minimum atomic E-state index is -1.14.